The lowest BCUT2D eigenvalue weighted by molar-refractivity contribution is -0.137. The summed E-state index contributed by atoms with van der Waals surface area (Å²) in [7, 11) is 0. The number of anilines is 1. The van der Waals surface area contributed by atoms with Gasteiger partial charge in [-0.2, -0.15) is 24.9 Å². The molecule has 1 N–H and O–H groups in total. The van der Waals surface area contributed by atoms with Crippen molar-refractivity contribution in [2.24, 2.45) is 0 Å². The van der Waals surface area contributed by atoms with Gasteiger partial charge in [0.2, 0.25) is 5.91 Å². The van der Waals surface area contributed by atoms with Crippen molar-refractivity contribution in [3.05, 3.63) is 59.1 Å². The number of hydrogen-bond donors (Lipinski definition) is 1. The molecule has 0 aliphatic carbocycles. The van der Waals surface area contributed by atoms with Gasteiger partial charge < -0.3 is 10.1 Å². The van der Waals surface area contributed by atoms with E-state index < -0.39 is 17.6 Å². The molecule has 3 nitrogen and oxygen atoms in total. The van der Waals surface area contributed by atoms with E-state index in [0.717, 1.165) is 6.07 Å². The van der Waals surface area contributed by atoms with Crippen LogP contribution in [0.1, 0.15) is 12.0 Å². The predicted octanol–water partition coefficient (Wildman–Crippen LogP) is 5.50. The normalized spacial score (nSPS) is 11.2. The maximum atomic E-state index is 12.9. The summed E-state index contributed by atoms with van der Waals surface area (Å²) in [6, 6.07) is 11.9. The van der Waals surface area contributed by atoms with E-state index in [4.69, 9.17) is 16.3 Å². The average Bonchev–Trinajstić information content (AvgIpc) is 2.59. The molecule has 0 radical (unpaired) electrons. The Hall–Kier alpha value is -1.86. The second-order valence-corrected chi connectivity index (χ2v) is 6.84. The highest BCUT2D eigenvalue weighted by atomic mass is 35.5. The predicted molar refractivity (Wildman–Crippen MR) is 99.0 cm³/mol. The molecule has 0 spiro atoms. The van der Waals surface area contributed by atoms with Crippen LogP contribution < -0.4 is 10.1 Å². The van der Waals surface area contributed by atoms with Crippen LogP contribution in [0.2, 0.25) is 5.02 Å². The Bertz CT molecular complexity index is 723. The summed E-state index contributed by atoms with van der Waals surface area (Å²) in [4.78, 5) is 11.8. The van der Waals surface area contributed by atoms with Gasteiger partial charge in [-0.1, -0.05) is 23.7 Å². The topological polar surface area (TPSA) is 38.3 Å². The number of ether oxygens (including phenoxy) is 1. The van der Waals surface area contributed by atoms with Gasteiger partial charge in [-0.3, -0.25) is 4.79 Å². The van der Waals surface area contributed by atoms with Crippen molar-refractivity contribution in [1.82, 2.24) is 0 Å². The van der Waals surface area contributed by atoms with Gasteiger partial charge in [-0.25, -0.2) is 0 Å². The summed E-state index contributed by atoms with van der Waals surface area (Å²) >= 11 is 7.11. The van der Waals surface area contributed by atoms with Crippen LogP contribution in [-0.4, -0.2) is 24.0 Å². The van der Waals surface area contributed by atoms with Crippen molar-refractivity contribution in [3.63, 3.8) is 0 Å². The molecule has 0 aliphatic rings. The van der Waals surface area contributed by atoms with Gasteiger partial charge in [0.25, 0.3) is 0 Å². The molecule has 8 heteroatoms. The molecule has 2 aromatic rings. The summed E-state index contributed by atoms with van der Waals surface area (Å²) < 4.78 is 44.1. The Labute approximate surface area is 158 Å². The van der Waals surface area contributed by atoms with Crippen LogP contribution in [0.15, 0.2) is 48.5 Å². The minimum atomic E-state index is -4.50. The fourth-order valence-corrected chi connectivity index (χ4v) is 2.92. The Balaban J connectivity index is 1.67. The first-order chi connectivity index (χ1) is 12.4. The standard InChI is InChI=1S/C18H17ClF3NO2S/c19-13-6-8-14(9-7-13)25-10-3-11-26-12-17(24)23-16-5-2-1-4-15(16)18(20,21)22/h1-2,4-9H,3,10-12H2,(H,23,24). The van der Waals surface area contributed by atoms with Gasteiger partial charge >= 0.3 is 6.18 Å². The van der Waals surface area contributed by atoms with Crippen molar-refractivity contribution < 1.29 is 22.7 Å². The number of thioether (sulfide) groups is 1. The van der Waals surface area contributed by atoms with E-state index in [1.807, 2.05) is 0 Å². The lowest BCUT2D eigenvalue weighted by Gasteiger charge is -2.13. The molecule has 0 unspecified atom stereocenters. The van der Waals surface area contributed by atoms with Crippen molar-refractivity contribution in [3.8, 4) is 5.75 Å². The number of para-hydroxylation sites is 1. The van der Waals surface area contributed by atoms with Gasteiger partial charge in [0, 0.05) is 5.02 Å². The third-order valence-electron chi connectivity index (χ3n) is 3.26. The fraction of sp³-hybridized carbons (Fsp3) is 0.278. The maximum absolute atomic E-state index is 12.9. The third kappa shape index (κ3) is 6.80. The van der Waals surface area contributed by atoms with Crippen LogP contribution >= 0.6 is 23.4 Å². The second-order valence-electron chi connectivity index (χ2n) is 5.30. The molecule has 0 aliphatic heterocycles. The smallest absolute Gasteiger partial charge is 0.418 e. The third-order valence-corrected chi connectivity index (χ3v) is 4.55. The van der Waals surface area contributed by atoms with Crippen LogP contribution in [-0.2, 0) is 11.0 Å². The molecule has 2 aromatic carbocycles. The van der Waals surface area contributed by atoms with E-state index in [9.17, 15) is 18.0 Å². The Morgan fingerprint density at radius 2 is 1.81 bits per heavy atom. The molecule has 0 atom stereocenters. The molecule has 2 rings (SSSR count). The Morgan fingerprint density at radius 3 is 2.50 bits per heavy atom. The number of carbonyl (C=O) groups excluding carboxylic acids is 1. The molecular weight excluding hydrogens is 387 g/mol. The number of halogens is 4. The van der Waals surface area contributed by atoms with Crippen LogP contribution in [0.4, 0.5) is 18.9 Å². The molecule has 0 saturated heterocycles. The van der Waals surface area contributed by atoms with Gasteiger partial charge in [0.1, 0.15) is 5.75 Å². The summed E-state index contributed by atoms with van der Waals surface area (Å²) in [6.45, 7) is 0.479. The average molecular weight is 404 g/mol. The SMILES string of the molecule is O=C(CSCCCOc1ccc(Cl)cc1)Nc1ccccc1C(F)(F)F. The second kappa shape index (κ2) is 9.73. The fourth-order valence-electron chi connectivity index (χ4n) is 2.07. The first-order valence-electron chi connectivity index (χ1n) is 7.78. The minimum Gasteiger partial charge on any atom is -0.494 e. The zero-order valence-electron chi connectivity index (χ0n) is 13.7. The Kier molecular flexibility index (Phi) is 7.66. The lowest BCUT2D eigenvalue weighted by atomic mass is 10.1. The number of alkyl halides is 3. The first kappa shape index (κ1) is 20.5. The highest BCUT2D eigenvalue weighted by Crippen LogP contribution is 2.34. The zero-order chi connectivity index (χ0) is 19.0. The zero-order valence-corrected chi connectivity index (χ0v) is 15.3. The van der Waals surface area contributed by atoms with E-state index in [-0.39, 0.29) is 11.4 Å². The molecule has 26 heavy (non-hydrogen) atoms. The van der Waals surface area contributed by atoms with Crippen LogP contribution in [0.5, 0.6) is 5.75 Å². The molecule has 140 valence electrons. The Morgan fingerprint density at radius 1 is 1.12 bits per heavy atom. The molecule has 0 saturated carbocycles. The molecule has 0 bridgehead atoms. The minimum absolute atomic E-state index is 0.0765. The maximum Gasteiger partial charge on any atom is 0.418 e. The van der Waals surface area contributed by atoms with E-state index >= 15 is 0 Å². The molecule has 1 amide bonds. The number of nitrogens with one attached hydrogen (secondary N) is 1. The largest absolute Gasteiger partial charge is 0.494 e. The van der Waals surface area contributed by atoms with Crippen LogP contribution in [0.25, 0.3) is 0 Å². The van der Waals surface area contributed by atoms with Crippen molar-refractivity contribution in [1.29, 1.82) is 0 Å². The van der Waals surface area contributed by atoms with Crippen molar-refractivity contribution in [2.45, 2.75) is 12.6 Å². The van der Waals surface area contributed by atoms with Gasteiger partial charge in [-0.05, 0) is 48.6 Å². The van der Waals surface area contributed by atoms with Crippen LogP contribution in [0, 0.1) is 0 Å². The summed E-state index contributed by atoms with van der Waals surface area (Å²) in [5.74, 6) is 0.973. The van der Waals surface area contributed by atoms with E-state index in [1.165, 1.54) is 30.0 Å². The summed E-state index contributed by atoms with van der Waals surface area (Å²) in [5.41, 5.74) is -1.08. The highest BCUT2D eigenvalue weighted by molar-refractivity contribution is 7.99. The molecular formula is C18H17ClF3NO2S. The molecule has 0 aromatic heterocycles. The number of rotatable bonds is 8. The van der Waals surface area contributed by atoms with Crippen LogP contribution in [0.3, 0.4) is 0 Å². The van der Waals surface area contributed by atoms with E-state index in [2.05, 4.69) is 5.32 Å². The van der Waals surface area contributed by atoms with Gasteiger partial charge in [0.15, 0.2) is 0 Å². The number of carbonyl (C=O) groups is 1. The van der Waals surface area contributed by atoms with Gasteiger partial charge in [0.05, 0.1) is 23.6 Å². The van der Waals surface area contributed by atoms with Crippen molar-refractivity contribution >= 4 is 35.0 Å². The number of hydrogen-bond acceptors (Lipinski definition) is 3. The van der Waals surface area contributed by atoms with E-state index in [0.29, 0.717) is 29.6 Å². The summed E-state index contributed by atoms with van der Waals surface area (Å²) in [6.07, 6.45) is -3.80. The molecule has 0 fully saturated rings. The number of benzene rings is 2. The van der Waals surface area contributed by atoms with E-state index in [1.54, 1.807) is 24.3 Å². The first-order valence-corrected chi connectivity index (χ1v) is 9.32. The van der Waals surface area contributed by atoms with Crippen molar-refractivity contribution in [2.75, 3.05) is 23.4 Å². The lowest BCUT2D eigenvalue weighted by Crippen LogP contribution is -2.18. The summed E-state index contributed by atoms with van der Waals surface area (Å²) in [5, 5.41) is 2.95. The monoisotopic (exact) mass is 403 g/mol. The van der Waals surface area contributed by atoms with Gasteiger partial charge in [-0.15, -0.1) is 0 Å². The quantitative estimate of drug-likeness (QED) is 0.591. The molecule has 0 heterocycles. The number of amides is 1. The highest BCUT2D eigenvalue weighted by Gasteiger charge is 2.33.